The van der Waals surface area contributed by atoms with Crippen LogP contribution in [0.4, 0.5) is 15.0 Å². The lowest BCUT2D eigenvalue weighted by atomic mass is 9.76. The maximum Gasteiger partial charge on any atom is 0.434 e. The normalized spacial score (nSPS) is 19.9. The van der Waals surface area contributed by atoms with Crippen LogP contribution >= 0.6 is 11.3 Å². The van der Waals surface area contributed by atoms with Crippen LogP contribution in [0.5, 0.6) is 5.75 Å². The van der Waals surface area contributed by atoms with E-state index in [0.29, 0.717) is 48.6 Å². The number of fused-ring (bicyclic) bond motifs is 2. The van der Waals surface area contributed by atoms with Crippen molar-refractivity contribution in [1.82, 2.24) is 25.4 Å². The van der Waals surface area contributed by atoms with Crippen LogP contribution in [0, 0.1) is 11.2 Å². The molecule has 0 radical (unpaired) electrons. The molecular formula is C46H51FN6O7S. The summed E-state index contributed by atoms with van der Waals surface area (Å²) in [6, 6.07) is 15.7. The highest BCUT2D eigenvalue weighted by atomic mass is 32.1. The Morgan fingerprint density at radius 2 is 1.90 bits per heavy atom. The van der Waals surface area contributed by atoms with E-state index in [9.17, 15) is 18.8 Å². The number of esters is 1. The molecule has 0 saturated carbocycles. The number of anilines is 1. The Morgan fingerprint density at radius 1 is 1.11 bits per heavy atom. The van der Waals surface area contributed by atoms with E-state index in [0.717, 1.165) is 44.7 Å². The van der Waals surface area contributed by atoms with Gasteiger partial charge in [0.25, 0.3) is 0 Å². The summed E-state index contributed by atoms with van der Waals surface area (Å²) in [5.74, 6) is -1.05. The number of carbonyl (C=O) groups is 2. The molecule has 3 N–H and O–H groups in total. The van der Waals surface area contributed by atoms with Crippen molar-refractivity contribution in [2.45, 2.75) is 97.2 Å². The van der Waals surface area contributed by atoms with Gasteiger partial charge in [-0.1, -0.05) is 38.1 Å². The van der Waals surface area contributed by atoms with Crippen molar-refractivity contribution >= 4 is 44.9 Å². The van der Waals surface area contributed by atoms with Gasteiger partial charge in [0.05, 0.1) is 47.7 Å². The first-order chi connectivity index (χ1) is 29.2. The lowest BCUT2D eigenvalue weighted by Crippen LogP contribution is -2.49. The van der Waals surface area contributed by atoms with E-state index in [1.165, 1.54) is 29.0 Å². The predicted molar refractivity (Wildman–Crippen MR) is 231 cm³/mol. The molecular weight excluding hydrogens is 800 g/mol. The van der Waals surface area contributed by atoms with Crippen LogP contribution in [0.15, 0.2) is 87.0 Å². The molecule has 61 heavy (non-hydrogen) atoms. The molecule has 0 bridgehead atoms. The fourth-order valence-electron chi connectivity index (χ4n) is 8.94. The third-order valence-corrected chi connectivity index (χ3v) is 12.9. The number of carbonyl (C=O) groups excluding carboxylic acids is 2. The summed E-state index contributed by atoms with van der Waals surface area (Å²) in [6.45, 7) is 11.8. The number of aromatic amines is 1. The number of hydrogen-bond donors (Lipinski definition) is 3. The highest BCUT2D eigenvalue weighted by Gasteiger charge is 2.51. The number of H-pyrrole nitrogens is 1. The smallest absolute Gasteiger partial charge is 0.434 e. The molecule has 5 heterocycles. The first-order valence-corrected chi connectivity index (χ1v) is 21.5. The standard InChI is InChI=1S/C46H51FN6O7S/c1-8-58-42(54)36-35(33-24-26-20-22-48-40(38(26)61-33)50-30-19-17-29-28(30)10-9-11-32(29)57-7)34(41-51-52-43(55)59-41)31(18-14-25-12-15-27(47)16-13-25)49-37(36)39-46(5,6)21-23-53(39)44(56)60-45(2,3)4/h9-13,15-16,20,22,24,30,35,39,49H,8,14,17-19,21,23H2,1-7H3,(H,48,50)(H,52,55)/t30-,35?,39-/m1/s1. The molecule has 2 aromatic carbocycles. The van der Waals surface area contributed by atoms with Gasteiger partial charge in [-0.05, 0) is 118 Å². The second-order valence-corrected chi connectivity index (χ2v) is 18.4. The number of thiophene rings is 1. The third kappa shape index (κ3) is 8.27. The molecule has 0 spiro atoms. The van der Waals surface area contributed by atoms with Crippen LogP contribution < -0.4 is 21.1 Å². The zero-order valence-corrected chi connectivity index (χ0v) is 36.3. The quantitative estimate of drug-likeness (QED) is 0.109. The second-order valence-electron chi connectivity index (χ2n) is 17.3. The number of ether oxygens (including phenoxy) is 3. The zero-order chi connectivity index (χ0) is 43.2. The molecule has 1 aliphatic carbocycles. The monoisotopic (exact) mass is 850 g/mol. The SMILES string of the molecule is CCOC(=O)C1=C([C@H]2N(C(=O)OC(C)(C)C)CCC2(C)C)NC(CCc2ccc(F)cc2)=C(c2n[nH]c(=O)o2)C1c1cc2ccnc(N[C@@H]3CCc4c(OC)cccc43)c2s1. The van der Waals surface area contributed by atoms with Crippen molar-refractivity contribution in [2.75, 3.05) is 25.6 Å². The summed E-state index contributed by atoms with van der Waals surface area (Å²) in [5, 5.41) is 15.0. The van der Waals surface area contributed by atoms with Gasteiger partial charge in [0.15, 0.2) is 0 Å². The highest BCUT2D eigenvalue weighted by molar-refractivity contribution is 7.19. The number of nitrogens with zero attached hydrogens (tertiary/aromatic N) is 3. The topological polar surface area (TPSA) is 161 Å². The minimum absolute atomic E-state index is 0.00225. The molecule has 1 fully saturated rings. The number of amides is 1. The number of benzene rings is 2. The number of pyridine rings is 1. The van der Waals surface area contributed by atoms with Gasteiger partial charge in [-0.15, -0.1) is 16.4 Å². The van der Waals surface area contributed by atoms with Crippen LogP contribution in [-0.2, 0) is 27.1 Å². The molecule has 8 rings (SSSR count). The van der Waals surface area contributed by atoms with Gasteiger partial charge in [0, 0.05) is 28.9 Å². The molecule has 320 valence electrons. The molecule has 3 atom stereocenters. The minimum atomic E-state index is -0.886. The molecule has 3 aromatic heterocycles. The number of dihydropyridines is 1. The summed E-state index contributed by atoms with van der Waals surface area (Å²) in [5.41, 5.74) is 3.69. The summed E-state index contributed by atoms with van der Waals surface area (Å²) in [7, 11) is 1.69. The number of hydrogen-bond acceptors (Lipinski definition) is 12. The van der Waals surface area contributed by atoms with Crippen LogP contribution in [0.2, 0.25) is 0 Å². The molecule has 15 heteroatoms. The number of likely N-dealkylation sites (tertiary alicyclic amines) is 1. The first-order valence-electron chi connectivity index (χ1n) is 20.7. The maximum atomic E-state index is 14.8. The second kappa shape index (κ2) is 16.5. The molecule has 1 unspecified atom stereocenters. The average Bonchev–Trinajstić information content (AvgIpc) is 4.02. The summed E-state index contributed by atoms with van der Waals surface area (Å²) in [6.07, 6.45) is 4.39. The summed E-state index contributed by atoms with van der Waals surface area (Å²) in [4.78, 5) is 48.9. The molecule has 2 aliphatic heterocycles. The van der Waals surface area contributed by atoms with E-state index < -0.39 is 40.8 Å². The molecule has 1 amide bonds. The van der Waals surface area contributed by atoms with Crippen molar-refractivity contribution in [3.05, 3.63) is 122 Å². The van der Waals surface area contributed by atoms with Crippen LogP contribution in [0.25, 0.3) is 15.7 Å². The van der Waals surface area contributed by atoms with E-state index in [1.807, 2.05) is 45.0 Å². The number of aromatic nitrogens is 3. The number of nitrogens with one attached hydrogen (secondary N) is 3. The van der Waals surface area contributed by atoms with Gasteiger partial charge < -0.3 is 29.3 Å². The molecule has 5 aromatic rings. The Kier molecular flexibility index (Phi) is 11.3. The van der Waals surface area contributed by atoms with Gasteiger partial charge in [-0.2, -0.15) is 0 Å². The van der Waals surface area contributed by atoms with Gasteiger partial charge in [-0.25, -0.2) is 28.9 Å². The van der Waals surface area contributed by atoms with E-state index in [4.69, 9.17) is 23.6 Å². The number of halogens is 1. The lowest BCUT2D eigenvalue weighted by molar-refractivity contribution is -0.138. The van der Waals surface area contributed by atoms with Crippen LogP contribution in [0.1, 0.15) is 100 Å². The Hall–Kier alpha value is -5.96. The van der Waals surface area contributed by atoms with Gasteiger partial charge in [-0.3, -0.25) is 4.90 Å². The summed E-state index contributed by atoms with van der Waals surface area (Å²) < 4.78 is 38.2. The number of aryl methyl sites for hydroxylation is 1. The Balaban J connectivity index is 1.33. The minimum Gasteiger partial charge on any atom is -0.496 e. The lowest BCUT2D eigenvalue weighted by Gasteiger charge is -2.40. The maximum absolute atomic E-state index is 14.8. The Morgan fingerprint density at radius 3 is 2.61 bits per heavy atom. The van der Waals surface area contributed by atoms with Crippen molar-refractivity contribution in [2.24, 2.45) is 5.41 Å². The summed E-state index contributed by atoms with van der Waals surface area (Å²) >= 11 is 1.47. The van der Waals surface area contributed by atoms with Crippen molar-refractivity contribution in [1.29, 1.82) is 0 Å². The largest absolute Gasteiger partial charge is 0.496 e. The number of methoxy groups -OCH3 is 1. The van der Waals surface area contributed by atoms with E-state index in [1.54, 1.807) is 37.3 Å². The zero-order valence-electron chi connectivity index (χ0n) is 35.4. The Labute approximate surface area is 357 Å². The fourth-order valence-corrected chi connectivity index (χ4v) is 10.2. The van der Waals surface area contributed by atoms with Crippen molar-refractivity contribution in [3.8, 4) is 5.75 Å². The van der Waals surface area contributed by atoms with Crippen LogP contribution in [-0.4, -0.2) is 64.0 Å². The number of allylic oxidation sites excluding steroid dienone is 2. The van der Waals surface area contributed by atoms with Gasteiger partial charge >= 0.3 is 17.8 Å². The third-order valence-electron chi connectivity index (χ3n) is 11.7. The number of rotatable bonds is 11. The average molecular weight is 851 g/mol. The van der Waals surface area contributed by atoms with Crippen molar-refractivity contribution in [3.63, 3.8) is 0 Å². The predicted octanol–water partition coefficient (Wildman–Crippen LogP) is 8.80. The van der Waals surface area contributed by atoms with E-state index in [-0.39, 0.29) is 29.9 Å². The van der Waals surface area contributed by atoms with E-state index >= 15 is 0 Å². The Bertz CT molecular complexity index is 2600. The van der Waals surface area contributed by atoms with Crippen molar-refractivity contribution < 1.29 is 32.6 Å². The van der Waals surface area contributed by atoms with Gasteiger partial charge in [0.2, 0.25) is 5.89 Å². The molecule has 1 saturated heterocycles. The molecule has 3 aliphatic rings. The highest BCUT2D eigenvalue weighted by Crippen LogP contribution is 2.52. The van der Waals surface area contributed by atoms with E-state index in [2.05, 4.69) is 40.7 Å². The van der Waals surface area contributed by atoms with Crippen LogP contribution in [0.3, 0.4) is 0 Å². The fraction of sp³-hybridized carbons (Fsp3) is 0.413. The first kappa shape index (κ1) is 41.8. The van der Waals surface area contributed by atoms with Gasteiger partial charge in [0.1, 0.15) is 23.0 Å². The molecule has 13 nitrogen and oxygen atoms in total.